The Morgan fingerprint density at radius 2 is 0.730 bits per heavy atom. The summed E-state index contributed by atoms with van der Waals surface area (Å²) < 4.78 is 29.5. The average Bonchev–Trinajstić information content (AvgIpc) is 1.78. The van der Waals surface area contributed by atoms with E-state index in [1.807, 2.05) is 143 Å². The van der Waals surface area contributed by atoms with Gasteiger partial charge in [-0.25, -0.2) is 44.1 Å². The van der Waals surface area contributed by atoms with Crippen LogP contribution in [0.1, 0.15) is 41.5 Å². The molecule has 16 aromatic heterocycles. The van der Waals surface area contributed by atoms with E-state index in [9.17, 15) is 19.2 Å². The fraction of sp³-hybridized carbons (Fsp3) is 0.272. The number of fused-ring (bicyclic) bond motifs is 8. The van der Waals surface area contributed by atoms with Gasteiger partial charge in [0.15, 0.2) is 5.65 Å². The van der Waals surface area contributed by atoms with E-state index in [1.165, 1.54) is 0 Å². The second-order valence-electron chi connectivity index (χ2n) is 28.7. The predicted octanol–water partition coefficient (Wildman–Crippen LogP) is 10.0. The molecule has 6 atom stereocenters. The van der Waals surface area contributed by atoms with Crippen molar-refractivity contribution in [2.75, 3.05) is 85.0 Å². The van der Waals surface area contributed by atoms with Crippen LogP contribution in [0.15, 0.2) is 220 Å². The third kappa shape index (κ3) is 15.1. The van der Waals surface area contributed by atoms with Crippen molar-refractivity contribution >= 4 is 102 Å². The minimum Gasteiger partial charge on any atom is -0.403 e. The van der Waals surface area contributed by atoms with Crippen molar-refractivity contribution in [1.29, 1.82) is 0 Å². The molecule has 0 aliphatic carbocycles. The van der Waals surface area contributed by atoms with E-state index >= 15 is 0 Å². The highest BCUT2D eigenvalue weighted by Gasteiger charge is 2.27. The molecule has 0 radical (unpaired) electrons. The lowest BCUT2D eigenvalue weighted by molar-refractivity contribution is 0.405. The molecule has 4 fully saturated rings. The second kappa shape index (κ2) is 30.1. The van der Waals surface area contributed by atoms with Gasteiger partial charge in [0.05, 0.1) is 50.1 Å². The van der Waals surface area contributed by atoms with Crippen molar-refractivity contribution in [2.24, 2.45) is 0 Å². The number of hydrogen-bond acceptors (Lipinski definition) is 25. The first-order valence-corrected chi connectivity index (χ1v) is 37.4. The number of aromatic nitrogens is 13. The molecule has 0 saturated carbocycles. The molecule has 29 nitrogen and oxygen atoms in total. The maximum atomic E-state index is 12.7. The van der Waals surface area contributed by atoms with Crippen LogP contribution in [0.2, 0.25) is 5.02 Å². The number of anilines is 4. The maximum Gasteiger partial charge on any atom is 0.347 e. The molecule has 4 aliphatic rings. The molecule has 16 aromatic rings. The Hall–Kier alpha value is -12.5. The average molecular weight is 1510 g/mol. The molecule has 0 aromatic carbocycles. The smallest absolute Gasteiger partial charge is 0.347 e. The van der Waals surface area contributed by atoms with Crippen LogP contribution >= 0.6 is 11.6 Å². The summed E-state index contributed by atoms with van der Waals surface area (Å²) in [7, 11) is 0. The quantitative estimate of drug-likeness (QED) is 0.110. The zero-order chi connectivity index (χ0) is 76.1. The van der Waals surface area contributed by atoms with E-state index in [-0.39, 0.29) is 0 Å². The lowest BCUT2D eigenvalue weighted by atomic mass is 10.1. The Balaban J connectivity index is 0.000000108. The van der Waals surface area contributed by atoms with Gasteiger partial charge in [-0.3, -0.25) is 4.40 Å². The predicted molar refractivity (Wildman–Crippen MR) is 429 cm³/mol. The highest BCUT2D eigenvalue weighted by molar-refractivity contribution is 6.33. The molecule has 4 aliphatic heterocycles. The first-order valence-electron chi connectivity index (χ1n) is 37.0. The molecule has 0 amide bonds. The molecular formula is C81H78ClN21O8. The molecule has 0 spiro atoms. The van der Waals surface area contributed by atoms with Crippen LogP contribution in [0.3, 0.4) is 0 Å². The number of piperazine rings is 4. The fourth-order valence-corrected chi connectivity index (χ4v) is 15.1. The summed E-state index contributed by atoms with van der Waals surface area (Å²) >= 11 is 6.20. The molecule has 111 heavy (non-hydrogen) atoms. The van der Waals surface area contributed by atoms with Gasteiger partial charge in [0.25, 0.3) is 0 Å². The van der Waals surface area contributed by atoms with Crippen LogP contribution in [0.25, 0.3) is 112 Å². The van der Waals surface area contributed by atoms with Gasteiger partial charge < -0.3 is 71.7 Å². The number of hydrogen-bond donors (Lipinski definition) is 4. The Kier molecular flexibility index (Phi) is 19.4. The third-order valence-corrected chi connectivity index (χ3v) is 20.3. The lowest BCUT2D eigenvalue weighted by Gasteiger charge is -2.36. The van der Waals surface area contributed by atoms with Crippen LogP contribution in [-0.2, 0) is 0 Å². The van der Waals surface area contributed by atoms with E-state index in [4.69, 9.17) is 29.3 Å². The largest absolute Gasteiger partial charge is 0.403 e. The number of imidazole rings is 4. The van der Waals surface area contributed by atoms with Gasteiger partial charge in [-0.05, 0) is 157 Å². The van der Waals surface area contributed by atoms with Crippen LogP contribution < -0.4 is 63.4 Å². The highest BCUT2D eigenvalue weighted by Crippen LogP contribution is 2.30. The maximum absolute atomic E-state index is 12.7. The normalized spacial score (nSPS) is 18.9. The summed E-state index contributed by atoms with van der Waals surface area (Å²) in [6.45, 7) is 21.7. The van der Waals surface area contributed by atoms with Gasteiger partial charge in [0, 0.05) is 179 Å². The van der Waals surface area contributed by atoms with Crippen molar-refractivity contribution < 1.29 is 17.7 Å². The van der Waals surface area contributed by atoms with Crippen molar-refractivity contribution in [1.82, 2.24) is 83.7 Å². The Morgan fingerprint density at radius 3 is 1.13 bits per heavy atom. The number of halogens is 1. The molecule has 562 valence electrons. The van der Waals surface area contributed by atoms with E-state index in [2.05, 4.69) is 127 Å². The van der Waals surface area contributed by atoms with Gasteiger partial charge in [-0.2, -0.15) is 19.9 Å². The monoisotopic (exact) mass is 1510 g/mol. The molecule has 0 bridgehead atoms. The summed E-state index contributed by atoms with van der Waals surface area (Å²) in [5.41, 5.74) is 5.68. The first kappa shape index (κ1) is 71.4. The third-order valence-electron chi connectivity index (χ3n) is 20.0. The van der Waals surface area contributed by atoms with E-state index in [0.717, 1.165) is 122 Å². The molecule has 20 heterocycles. The number of pyridine rings is 7. The summed E-state index contributed by atoms with van der Waals surface area (Å²) in [6.07, 6.45) is 16.3. The number of rotatable bonds is 8. The van der Waals surface area contributed by atoms with Crippen molar-refractivity contribution in [3.63, 3.8) is 0 Å². The van der Waals surface area contributed by atoms with Crippen LogP contribution in [0.5, 0.6) is 0 Å². The zero-order valence-electron chi connectivity index (χ0n) is 61.6. The van der Waals surface area contributed by atoms with Crippen molar-refractivity contribution in [3.8, 4) is 45.0 Å². The van der Waals surface area contributed by atoms with E-state index in [0.29, 0.717) is 121 Å². The first-order chi connectivity index (χ1) is 53.9. The molecule has 30 heteroatoms. The molecule has 20 rings (SSSR count). The van der Waals surface area contributed by atoms with Gasteiger partial charge in [-0.1, -0.05) is 23.7 Å². The second-order valence-corrected chi connectivity index (χ2v) is 29.2. The van der Waals surface area contributed by atoms with Gasteiger partial charge >= 0.3 is 22.5 Å². The summed E-state index contributed by atoms with van der Waals surface area (Å²) in [5.74, 6) is 3.83. The highest BCUT2D eigenvalue weighted by atomic mass is 35.5. The minimum absolute atomic E-state index is 0.330. The standard InChI is InChI=1S/C21H20ClN5O2.C20H20N6O2.2C20H19N5O2/c1-12-9-27(10-13(2)23-12)18-6-5-14-8-15(21(28)29-20(14)25-18)17-11-26-7-3-4-16(22)19(26)24-17;1-12-9-26(10-13(2)22-12)17-5-4-14-8-15(19(27)28-18(14)24-17)16-11-25-7-3-6-21-20(25)23-16;2*1-13-11-25(9-7-21-13)18-6-5-14-10-15(20(26)27-19(14)23-18)16-12-24-8-3-2-4-17(24)22-16/h3-8,11-13,23H,9-10H2,1-2H3;3-8,11-13,22H,9-10H2,1-2H3;2*2-6,8,10,12-13,21H,7,9,11H2,1H3/t2*12-,13+;2*13-/m..10/s1. The van der Waals surface area contributed by atoms with Crippen LogP contribution in [0.4, 0.5) is 23.3 Å². The number of nitrogens with zero attached hydrogens (tertiary/aromatic N) is 17. The zero-order valence-corrected chi connectivity index (χ0v) is 62.4. The molecule has 4 saturated heterocycles. The Bertz CT molecular complexity index is 6140. The summed E-state index contributed by atoms with van der Waals surface area (Å²) in [6, 6.07) is 42.0. The minimum atomic E-state index is -0.469. The lowest BCUT2D eigenvalue weighted by Crippen LogP contribution is -2.54. The molecular weight excluding hydrogens is 1430 g/mol. The van der Waals surface area contributed by atoms with Gasteiger partial charge in [0.1, 0.15) is 34.6 Å². The summed E-state index contributed by atoms with van der Waals surface area (Å²) in [5, 5.41) is 17.4. The molecule has 0 unspecified atom stereocenters. The van der Waals surface area contributed by atoms with E-state index < -0.39 is 22.5 Å². The molecule has 4 N–H and O–H groups in total. The fourth-order valence-electron chi connectivity index (χ4n) is 14.9. The van der Waals surface area contributed by atoms with Crippen molar-refractivity contribution in [2.45, 2.75) is 77.8 Å². The summed E-state index contributed by atoms with van der Waals surface area (Å²) in [4.78, 5) is 99.7. The van der Waals surface area contributed by atoms with Gasteiger partial charge in [0.2, 0.25) is 28.6 Å². The SMILES string of the molecule is C[C@@H]1CN(c2ccc3cc(-c4cn5cccc(Cl)c5n4)c(=O)oc3n2)C[C@H](C)N1.C[C@@H]1CN(c2ccc3cc(-c4cn5ccccc5n4)c(=O)oc3n2)CCN1.C[C@@H]1CN(c2ccc3cc(-c4cn5cccnc5n4)c(=O)oc3n2)C[C@H](C)N1.C[C@H]1CN(c2ccc3cc(-c4cn5ccccc5n4)c(=O)oc3n2)CCN1. The van der Waals surface area contributed by atoms with Crippen molar-refractivity contribution in [3.05, 3.63) is 230 Å². The van der Waals surface area contributed by atoms with Crippen LogP contribution in [-0.4, -0.2) is 164 Å². The topological polar surface area (TPSA) is 316 Å². The van der Waals surface area contributed by atoms with Crippen LogP contribution in [0, 0.1) is 0 Å². The Morgan fingerprint density at radius 1 is 0.369 bits per heavy atom. The van der Waals surface area contributed by atoms with Gasteiger partial charge in [-0.15, -0.1) is 0 Å². The number of nitrogens with one attached hydrogen (secondary N) is 4. The Labute approximate surface area is 637 Å². The van der Waals surface area contributed by atoms with E-state index in [1.54, 1.807) is 57.7 Å².